The molecule has 0 saturated heterocycles. The summed E-state index contributed by atoms with van der Waals surface area (Å²) in [6, 6.07) is 0. The lowest BCUT2D eigenvalue weighted by Gasteiger charge is -2.20. The maximum absolute atomic E-state index is 11.5. The Hall–Kier alpha value is -0.610. The monoisotopic (exact) mass is 187 g/mol. The molecule has 0 bridgehead atoms. The summed E-state index contributed by atoms with van der Waals surface area (Å²) in [5.74, 6) is -0.253. The second kappa shape index (κ2) is 3.27. The van der Waals surface area contributed by atoms with E-state index in [4.69, 9.17) is 0 Å². The smallest absolute Gasteiger partial charge is 0.225 e. The van der Waals surface area contributed by atoms with Crippen molar-refractivity contribution in [2.24, 2.45) is 5.92 Å². The maximum atomic E-state index is 11.5. The quantitative estimate of drug-likeness (QED) is 0.587. The number of carbonyl (C=O) groups is 1. The van der Waals surface area contributed by atoms with Gasteiger partial charge in [-0.05, 0) is 19.8 Å². The van der Waals surface area contributed by atoms with Gasteiger partial charge in [-0.1, -0.05) is 0 Å². The minimum Gasteiger partial charge on any atom is -0.390 e. The number of aliphatic hydroxyl groups is 2. The number of aliphatic hydroxyl groups excluding tert-OH is 1. The summed E-state index contributed by atoms with van der Waals surface area (Å²) in [4.78, 5) is 13.0. The van der Waals surface area contributed by atoms with Gasteiger partial charge in [-0.25, -0.2) is 0 Å². The molecule has 1 saturated carbocycles. The van der Waals surface area contributed by atoms with E-state index in [0.29, 0.717) is 12.8 Å². The first-order valence-electron chi connectivity index (χ1n) is 4.46. The first-order chi connectivity index (χ1) is 5.84. The molecule has 0 aromatic rings. The Morgan fingerprint density at radius 1 is 1.54 bits per heavy atom. The Morgan fingerprint density at radius 2 is 2.08 bits per heavy atom. The first kappa shape index (κ1) is 10.5. The molecule has 1 rings (SSSR count). The number of hydrogen-bond acceptors (Lipinski definition) is 3. The molecule has 0 aliphatic heterocycles. The lowest BCUT2D eigenvalue weighted by atomic mass is 10.0. The molecule has 0 aromatic carbocycles. The van der Waals surface area contributed by atoms with Gasteiger partial charge in [0.2, 0.25) is 5.91 Å². The average molecular weight is 187 g/mol. The van der Waals surface area contributed by atoms with Crippen molar-refractivity contribution in [1.29, 1.82) is 0 Å². The van der Waals surface area contributed by atoms with Crippen LogP contribution in [-0.4, -0.2) is 46.8 Å². The van der Waals surface area contributed by atoms with Gasteiger partial charge in [-0.2, -0.15) is 0 Å². The van der Waals surface area contributed by atoms with Crippen molar-refractivity contribution >= 4 is 5.91 Å². The molecule has 0 aromatic heterocycles. The van der Waals surface area contributed by atoms with Crippen molar-refractivity contribution in [2.45, 2.75) is 31.5 Å². The zero-order chi connectivity index (χ0) is 10.2. The van der Waals surface area contributed by atoms with Crippen molar-refractivity contribution in [1.82, 2.24) is 4.90 Å². The van der Waals surface area contributed by atoms with Gasteiger partial charge in [0.1, 0.15) is 0 Å². The van der Waals surface area contributed by atoms with Crippen LogP contribution in [-0.2, 0) is 4.79 Å². The van der Waals surface area contributed by atoms with Crippen LogP contribution in [0.1, 0.15) is 19.8 Å². The second-order valence-electron chi connectivity index (χ2n) is 4.24. The molecular formula is C9H17NO3. The number of carbonyl (C=O) groups excluding carboxylic acids is 1. The second-order valence-corrected chi connectivity index (χ2v) is 4.24. The highest BCUT2D eigenvalue weighted by Gasteiger charge is 2.44. The third kappa shape index (κ3) is 2.00. The minimum atomic E-state index is -1.10. The zero-order valence-electron chi connectivity index (χ0n) is 8.32. The molecule has 0 heterocycles. The van der Waals surface area contributed by atoms with E-state index in [1.54, 1.807) is 21.0 Å². The van der Waals surface area contributed by atoms with Crippen molar-refractivity contribution < 1.29 is 15.0 Å². The Morgan fingerprint density at radius 3 is 2.38 bits per heavy atom. The van der Waals surface area contributed by atoms with Crippen LogP contribution in [0.3, 0.4) is 0 Å². The first-order valence-corrected chi connectivity index (χ1v) is 4.46. The molecule has 76 valence electrons. The van der Waals surface area contributed by atoms with Crippen molar-refractivity contribution in [2.75, 3.05) is 14.1 Å². The molecule has 4 nitrogen and oxygen atoms in total. The summed E-state index contributed by atoms with van der Waals surface area (Å²) in [5.41, 5.74) is -1.10. The SMILES string of the molecule is CN(C)C(=O)C1CC(O)C(C)(O)C1. The summed E-state index contributed by atoms with van der Waals surface area (Å²) in [5, 5.41) is 19.1. The Balaban J connectivity index is 2.64. The van der Waals surface area contributed by atoms with E-state index in [9.17, 15) is 15.0 Å². The standard InChI is InChI=1S/C9H17NO3/c1-9(13)5-6(4-7(9)11)8(12)10(2)3/h6-7,11,13H,4-5H2,1-3H3. The normalized spacial score (nSPS) is 39.2. The Labute approximate surface area is 78.2 Å². The topological polar surface area (TPSA) is 60.8 Å². The van der Waals surface area contributed by atoms with Crippen molar-refractivity contribution in [3.63, 3.8) is 0 Å². The average Bonchev–Trinajstić information content (AvgIpc) is 2.25. The molecule has 1 fully saturated rings. The predicted octanol–water partition coefficient (Wildman–Crippen LogP) is -0.404. The molecule has 4 heteroatoms. The largest absolute Gasteiger partial charge is 0.390 e. The van der Waals surface area contributed by atoms with Gasteiger partial charge in [0, 0.05) is 20.0 Å². The summed E-state index contributed by atoms with van der Waals surface area (Å²) in [6.07, 6.45) is -0.0590. The fourth-order valence-electron chi connectivity index (χ4n) is 1.79. The van der Waals surface area contributed by atoms with Gasteiger partial charge in [-0.3, -0.25) is 4.79 Å². The van der Waals surface area contributed by atoms with Crippen LogP contribution in [0, 0.1) is 5.92 Å². The number of amides is 1. The molecule has 3 unspecified atom stereocenters. The van der Waals surface area contributed by atoms with Crippen molar-refractivity contribution in [3.05, 3.63) is 0 Å². The third-order valence-electron chi connectivity index (χ3n) is 2.68. The lowest BCUT2D eigenvalue weighted by Crippen LogP contribution is -2.33. The van der Waals surface area contributed by atoms with Gasteiger partial charge in [0.25, 0.3) is 0 Å². The number of nitrogens with zero attached hydrogens (tertiary/aromatic N) is 1. The van der Waals surface area contributed by atoms with Crippen molar-refractivity contribution in [3.8, 4) is 0 Å². The molecule has 1 aliphatic carbocycles. The van der Waals surface area contributed by atoms with Crippen LogP contribution in [0.25, 0.3) is 0 Å². The summed E-state index contributed by atoms with van der Waals surface area (Å²) in [6.45, 7) is 1.57. The van der Waals surface area contributed by atoms with E-state index < -0.39 is 11.7 Å². The van der Waals surface area contributed by atoms with E-state index in [1.165, 1.54) is 4.90 Å². The molecule has 0 radical (unpaired) electrons. The van der Waals surface area contributed by atoms with Gasteiger partial charge in [-0.15, -0.1) is 0 Å². The minimum absolute atomic E-state index is 0.0168. The highest BCUT2D eigenvalue weighted by atomic mass is 16.3. The van der Waals surface area contributed by atoms with Gasteiger partial charge in [0.05, 0.1) is 11.7 Å². The zero-order valence-corrected chi connectivity index (χ0v) is 8.32. The molecule has 13 heavy (non-hydrogen) atoms. The number of hydrogen-bond donors (Lipinski definition) is 2. The van der Waals surface area contributed by atoms with E-state index in [-0.39, 0.29) is 11.8 Å². The molecule has 0 spiro atoms. The summed E-state index contributed by atoms with van der Waals surface area (Å²) >= 11 is 0. The molecule has 2 N–H and O–H groups in total. The fraction of sp³-hybridized carbons (Fsp3) is 0.889. The van der Waals surface area contributed by atoms with E-state index in [2.05, 4.69) is 0 Å². The van der Waals surface area contributed by atoms with E-state index >= 15 is 0 Å². The van der Waals surface area contributed by atoms with Crippen LogP contribution in [0.4, 0.5) is 0 Å². The lowest BCUT2D eigenvalue weighted by molar-refractivity contribution is -0.133. The number of rotatable bonds is 1. The van der Waals surface area contributed by atoms with Crippen LogP contribution in [0.5, 0.6) is 0 Å². The highest BCUT2D eigenvalue weighted by Crippen LogP contribution is 2.35. The highest BCUT2D eigenvalue weighted by molar-refractivity contribution is 5.78. The Bertz CT molecular complexity index is 213. The molecule has 3 atom stereocenters. The molecular weight excluding hydrogens is 170 g/mol. The predicted molar refractivity (Wildman–Crippen MR) is 48.0 cm³/mol. The van der Waals surface area contributed by atoms with Gasteiger partial charge in [0.15, 0.2) is 0 Å². The Kier molecular flexibility index (Phi) is 2.63. The summed E-state index contributed by atoms with van der Waals surface area (Å²) < 4.78 is 0. The van der Waals surface area contributed by atoms with Crippen LogP contribution < -0.4 is 0 Å². The molecule has 1 aliphatic rings. The van der Waals surface area contributed by atoms with Gasteiger partial charge < -0.3 is 15.1 Å². The fourth-order valence-corrected chi connectivity index (χ4v) is 1.79. The van der Waals surface area contributed by atoms with Gasteiger partial charge >= 0.3 is 0 Å². The molecule has 1 amide bonds. The third-order valence-corrected chi connectivity index (χ3v) is 2.68. The maximum Gasteiger partial charge on any atom is 0.225 e. The van der Waals surface area contributed by atoms with Crippen LogP contribution in [0.2, 0.25) is 0 Å². The van der Waals surface area contributed by atoms with Crippen LogP contribution >= 0.6 is 0 Å². The van der Waals surface area contributed by atoms with Crippen LogP contribution in [0.15, 0.2) is 0 Å². The van der Waals surface area contributed by atoms with E-state index in [1.807, 2.05) is 0 Å². The van der Waals surface area contributed by atoms with E-state index in [0.717, 1.165) is 0 Å². The summed E-state index contributed by atoms with van der Waals surface area (Å²) in [7, 11) is 3.36.